The smallest absolute Gasteiger partial charge is 0.238 e. The average molecular weight is 365 g/mol. The first kappa shape index (κ1) is 19.4. The van der Waals surface area contributed by atoms with Crippen LogP contribution in [0.25, 0.3) is 0 Å². The van der Waals surface area contributed by atoms with Crippen molar-refractivity contribution < 1.29 is 52.7 Å². The van der Waals surface area contributed by atoms with E-state index in [0.29, 0.717) is 0 Å². The molecule has 0 fully saturated rings. The molecule has 0 unspecified atom stereocenters. The van der Waals surface area contributed by atoms with Gasteiger partial charge in [-0.25, -0.2) is 4.98 Å². The lowest BCUT2D eigenvalue weighted by Gasteiger charge is -2.23. The summed E-state index contributed by atoms with van der Waals surface area (Å²) in [7, 11) is 0. The van der Waals surface area contributed by atoms with Crippen LogP contribution < -0.4 is 0 Å². The standard InChI is InChI=1S/C10H3F12N/c1-2-3(7(11,12)13)5(9(17,18)19)23-6(10(20,21)22)4(2)8(14,15)16/h1H3. The summed E-state index contributed by atoms with van der Waals surface area (Å²) in [4.78, 5) is 1.62. The fraction of sp³-hybridized carbons (Fsp3) is 0.500. The Kier molecular flexibility index (Phi) is 4.34. The fourth-order valence-electron chi connectivity index (χ4n) is 1.81. The van der Waals surface area contributed by atoms with Crippen molar-refractivity contribution in [3.8, 4) is 0 Å². The zero-order valence-corrected chi connectivity index (χ0v) is 10.5. The van der Waals surface area contributed by atoms with Crippen LogP contribution in [0.4, 0.5) is 52.7 Å². The van der Waals surface area contributed by atoms with Crippen LogP contribution in [-0.2, 0) is 24.7 Å². The van der Waals surface area contributed by atoms with Gasteiger partial charge in [0.05, 0.1) is 11.1 Å². The average Bonchev–Trinajstić information content (AvgIpc) is 2.20. The first-order valence-corrected chi connectivity index (χ1v) is 5.22. The Morgan fingerprint density at radius 1 is 0.522 bits per heavy atom. The normalized spacial score (nSPS) is 14.3. The van der Waals surface area contributed by atoms with E-state index in [1.807, 2.05) is 0 Å². The van der Waals surface area contributed by atoms with Crippen molar-refractivity contribution >= 4 is 0 Å². The van der Waals surface area contributed by atoms with Gasteiger partial charge in [-0.3, -0.25) is 0 Å². The Bertz CT molecular complexity index is 550. The molecule has 1 heterocycles. The first-order chi connectivity index (χ1) is 9.88. The lowest BCUT2D eigenvalue weighted by molar-refractivity contribution is -0.176. The van der Waals surface area contributed by atoms with Crippen LogP contribution in [0.1, 0.15) is 28.1 Å². The van der Waals surface area contributed by atoms with Crippen LogP contribution in [0.15, 0.2) is 0 Å². The Balaban J connectivity index is 4.09. The summed E-state index contributed by atoms with van der Waals surface area (Å²) >= 11 is 0. The summed E-state index contributed by atoms with van der Waals surface area (Å²) in [5, 5.41) is 0. The van der Waals surface area contributed by atoms with Crippen LogP contribution >= 0.6 is 0 Å². The van der Waals surface area contributed by atoms with Crippen LogP contribution in [0.3, 0.4) is 0 Å². The summed E-state index contributed by atoms with van der Waals surface area (Å²) in [6.45, 7) is -0.127. The third kappa shape index (κ3) is 3.80. The van der Waals surface area contributed by atoms with E-state index in [0.717, 1.165) is 0 Å². The summed E-state index contributed by atoms with van der Waals surface area (Å²) < 4.78 is 151. The topological polar surface area (TPSA) is 12.9 Å². The minimum atomic E-state index is -6.04. The maximum atomic E-state index is 12.6. The van der Waals surface area contributed by atoms with Crippen LogP contribution in [0.2, 0.25) is 0 Å². The van der Waals surface area contributed by atoms with E-state index in [9.17, 15) is 52.7 Å². The molecule has 0 amide bonds. The third-order valence-electron chi connectivity index (χ3n) is 2.55. The van der Waals surface area contributed by atoms with Gasteiger partial charge >= 0.3 is 24.7 Å². The zero-order valence-electron chi connectivity index (χ0n) is 10.5. The minimum Gasteiger partial charge on any atom is -0.238 e. The monoisotopic (exact) mass is 365 g/mol. The lowest BCUT2D eigenvalue weighted by atomic mass is 9.97. The van der Waals surface area contributed by atoms with Crippen molar-refractivity contribution in [3.63, 3.8) is 0 Å². The number of alkyl halides is 12. The number of hydrogen-bond acceptors (Lipinski definition) is 1. The van der Waals surface area contributed by atoms with E-state index in [1.54, 1.807) is 4.98 Å². The van der Waals surface area contributed by atoms with E-state index in [2.05, 4.69) is 0 Å². The van der Waals surface area contributed by atoms with Crippen molar-refractivity contribution in [1.82, 2.24) is 4.98 Å². The SMILES string of the molecule is Cc1c(C(F)(F)F)c(C(F)(F)F)nc(C(F)(F)F)c1C(F)(F)F. The van der Waals surface area contributed by atoms with Gasteiger partial charge in [-0.15, -0.1) is 0 Å². The molecule has 0 saturated heterocycles. The number of aromatic nitrogens is 1. The molecule has 0 aromatic carbocycles. The highest BCUT2D eigenvalue weighted by Crippen LogP contribution is 2.48. The summed E-state index contributed by atoms with van der Waals surface area (Å²) in [5.41, 5.74) is -14.2. The van der Waals surface area contributed by atoms with Crippen molar-refractivity contribution in [1.29, 1.82) is 0 Å². The molecule has 0 spiro atoms. The van der Waals surface area contributed by atoms with Crippen LogP contribution in [-0.4, -0.2) is 4.98 Å². The number of rotatable bonds is 0. The van der Waals surface area contributed by atoms with Gasteiger partial charge in [-0.1, -0.05) is 0 Å². The molecule has 0 N–H and O–H groups in total. The van der Waals surface area contributed by atoms with Gasteiger partial charge in [-0.2, -0.15) is 52.7 Å². The summed E-state index contributed by atoms with van der Waals surface area (Å²) in [6, 6.07) is 0. The van der Waals surface area contributed by atoms with Crippen LogP contribution in [0, 0.1) is 6.92 Å². The molecule has 13 heteroatoms. The third-order valence-corrected chi connectivity index (χ3v) is 2.55. The number of hydrogen-bond donors (Lipinski definition) is 0. The maximum absolute atomic E-state index is 12.6. The maximum Gasteiger partial charge on any atom is 0.433 e. The van der Waals surface area contributed by atoms with Crippen LogP contribution in [0.5, 0.6) is 0 Å². The Morgan fingerprint density at radius 3 is 0.957 bits per heavy atom. The van der Waals surface area contributed by atoms with E-state index in [1.165, 1.54) is 0 Å². The van der Waals surface area contributed by atoms with Gasteiger partial charge < -0.3 is 0 Å². The largest absolute Gasteiger partial charge is 0.433 e. The Hall–Kier alpha value is -1.69. The quantitative estimate of drug-likeness (QED) is 0.556. The molecule has 1 aromatic rings. The molecule has 0 saturated carbocycles. The molecule has 132 valence electrons. The molecule has 0 aliphatic carbocycles. The second-order valence-corrected chi connectivity index (χ2v) is 4.18. The predicted molar refractivity (Wildman–Crippen MR) is 49.0 cm³/mol. The molecule has 23 heavy (non-hydrogen) atoms. The Morgan fingerprint density at radius 2 is 0.783 bits per heavy atom. The van der Waals surface area contributed by atoms with Crippen molar-refractivity contribution in [2.45, 2.75) is 31.6 Å². The van der Waals surface area contributed by atoms with E-state index in [4.69, 9.17) is 0 Å². The van der Waals surface area contributed by atoms with Crippen molar-refractivity contribution in [2.75, 3.05) is 0 Å². The molecule has 1 aromatic heterocycles. The molecule has 0 atom stereocenters. The number of halogens is 12. The highest BCUT2D eigenvalue weighted by atomic mass is 19.4. The second kappa shape index (κ2) is 5.16. The molecular weight excluding hydrogens is 362 g/mol. The molecular formula is C10H3F12N. The number of nitrogens with zero attached hydrogens (tertiary/aromatic N) is 1. The second-order valence-electron chi connectivity index (χ2n) is 4.18. The molecule has 0 aliphatic heterocycles. The molecule has 1 nitrogen and oxygen atoms in total. The fourth-order valence-corrected chi connectivity index (χ4v) is 1.81. The summed E-state index contributed by atoms with van der Waals surface area (Å²) in [5.74, 6) is 0. The lowest BCUT2D eigenvalue weighted by Crippen LogP contribution is -2.28. The van der Waals surface area contributed by atoms with Gasteiger partial charge in [-0.05, 0) is 12.5 Å². The summed E-state index contributed by atoms with van der Waals surface area (Å²) in [6.07, 6.45) is -24.1. The zero-order chi connectivity index (χ0) is 18.6. The van der Waals surface area contributed by atoms with E-state index < -0.39 is 52.8 Å². The van der Waals surface area contributed by atoms with Gasteiger partial charge in [0.15, 0.2) is 11.4 Å². The predicted octanol–water partition coefficient (Wildman–Crippen LogP) is 5.47. The molecule has 0 radical (unpaired) electrons. The van der Waals surface area contributed by atoms with Crippen molar-refractivity contribution in [3.05, 3.63) is 28.1 Å². The first-order valence-electron chi connectivity index (χ1n) is 5.22. The Labute approximate surface area is 118 Å². The van der Waals surface area contributed by atoms with Gasteiger partial charge in [0.1, 0.15) is 0 Å². The number of pyridine rings is 1. The molecule has 0 bridgehead atoms. The molecule has 1 rings (SSSR count). The minimum absolute atomic E-state index is 0.127. The van der Waals surface area contributed by atoms with Gasteiger partial charge in [0.25, 0.3) is 0 Å². The van der Waals surface area contributed by atoms with E-state index >= 15 is 0 Å². The molecule has 0 aliphatic rings. The van der Waals surface area contributed by atoms with Gasteiger partial charge in [0, 0.05) is 0 Å². The highest BCUT2D eigenvalue weighted by Gasteiger charge is 2.53. The van der Waals surface area contributed by atoms with E-state index in [-0.39, 0.29) is 6.92 Å². The van der Waals surface area contributed by atoms with Crippen molar-refractivity contribution in [2.24, 2.45) is 0 Å². The van der Waals surface area contributed by atoms with Gasteiger partial charge in [0.2, 0.25) is 0 Å². The highest BCUT2D eigenvalue weighted by molar-refractivity contribution is 5.45.